The molecule has 1 aromatic rings. The summed E-state index contributed by atoms with van der Waals surface area (Å²) < 4.78 is 5.88. The number of likely N-dealkylation sites (tertiary alicyclic amines) is 1. The molecule has 0 saturated carbocycles. The lowest BCUT2D eigenvalue weighted by Gasteiger charge is -2.45. The second-order valence-electron chi connectivity index (χ2n) is 6.39. The number of hydrogen-bond donors (Lipinski definition) is 1. The van der Waals surface area contributed by atoms with Crippen LogP contribution in [0.3, 0.4) is 0 Å². The molecule has 0 radical (unpaired) electrons. The number of nitrogens with two attached hydrogens (primary N) is 1. The molecule has 0 spiro atoms. The summed E-state index contributed by atoms with van der Waals surface area (Å²) in [6.07, 6.45) is 2.29. The fourth-order valence-corrected chi connectivity index (χ4v) is 3.79. The van der Waals surface area contributed by atoms with Crippen LogP contribution in [0.5, 0.6) is 5.75 Å². The molecule has 0 aromatic heterocycles. The van der Waals surface area contributed by atoms with Gasteiger partial charge in [0.2, 0.25) is 0 Å². The minimum atomic E-state index is 0.377. The predicted molar refractivity (Wildman–Crippen MR) is 81.8 cm³/mol. The van der Waals surface area contributed by atoms with Crippen molar-refractivity contribution in [3.63, 3.8) is 0 Å². The third kappa shape index (κ3) is 2.45. The van der Waals surface area contributed by atoms with Gasteiger partial charge in [0.15, 0.2) is 0 Å². The zero-order valence-electron chi connectivity index (χ0n) is 12.6. The summed E-state index contributed by atoms with van der Waals surface area (Å²) >= 11 is 0. The molecule has 4 unspecified atom stereocenters. The van der Waals surface area contributed by atoms with Gasteiger partial charge in [-0.1, -0.05) is 38.5 Å². The molecule has 3 nitrogen and oxygen atoms in total. The minimum absolute atomic E-state index is 0.377. The van der Waals surface area contributed by atoms with Crippen LogP contribution in [0.4, 0.5) is 0 Å². The molecule has 3 heteroatoms. The Morgan fingerprint density at radius 2 is 2.15 bits per heavy atom. The summed E-state index contributed by atoms with van der Waals surface area (Å²) in [4.78, 5) is 2.64. The lowest BCUT2D eigenvalue weighted by atomic mass is 9.85. The number of rotatable bonds is 2. The molecule has 1 fully saturated rings. The lowest BCUT2D eigenvalue weighted by Crippen LogP contribution is -2.50. The first-order valence-electron chi connectivity index (χ1n) is 7.92. The van der Waals surface area contributed by atoms with Crippen molar-refractivity contribution in [1.82, 2.24) is 4.90 Å². The third-order valence-electron chi connectivity index (χ3n) is 5.02. The zero-order valence-corrected chi connectivity index (χ0v) is 12.6. The van der Waals surface area contributed by atoms with Crippen LogP contribution in [-0.2, 0) is 0 Å². The summed E-state index contributed by atoms with van der Waals surface area (Å²) in [6, 6.07) is 9.38. The van der Waals surface area contributed by atoms with E-state index >= 15 is 0 Å². The highest BCUT2D eigenvalue weighted by Crippen LogP contribution is 2.40. The summed E-state index contributed by atoms with van der Waals surface area (Å²) in [6.45, 7) is 7.62. The Hall–Kier alpha value is -1.06. The largest absolute Gasteiger partial charge is 0.493 e. The highest BCUT2D eigenvalue weighted by Gasteiger charge is 2.36. The Morgan fingerprint density at radius 1 is 1.35 bits per heavy atom. The highest BCUT2D eigenvalue weighted by atomic mass is 16.5. The molecule has 2 aliphatic heterocycles. The van der Waals surface area contributed by atoms with Gasteiger partial charge in [-0.25, -0.2) is 0 Å². The number of nitrogens with zero attached hydrogens (tertiary/aromatic N) is 1. The van der Waals surface area contributed by atoms with Crippen molar-refractivity contribution in [2.24, 2.45) is 17.6 Å². The van der Waals surface area contributed by atoms with Crippen LogP contribution in [0.25, 0.3) is 0 Å². The molecule has 0 aliphatic carbocycles. The fraction of sp³-hybridized carbons (Fsp3) is 0.647. The summed E-state index contributed by atoms with van der Waals surface area (Å²) in [5.74, 6) is 2.24. The van der Waals surface area contributed by atoms with E-state index in [-0.39, 0.29) is 0 Å². The number of hydrogen-bond acceptors (Lipinski definition) is 3. The monoisotopic (exact) mass is 274 g/mol. The first-order valence-corrected chi connectivity index (χ1v) is 7.92. The second kappa shape index (κ2) is 5.74. The molecule has 1 saturated heterocycles. The SMILES string of the molecule is CCC1CN(C2c3ccccc3OCC2C)CCC1N. The molecule has 110 valence electrons. The first kappa shape index (κ1) is 13.9. The van der Waals surface area contributed by atoms with Gasteiger partial charge in [-0.2, -0.15) is 0 Å². The van der Waals surface area contributed by atoms with E-state index in [1.807, 2.05) is 0 Å². The topological polar surface area (TPSA) is 38.5 Å². The molecular formula is C17H26N2O. The van der Waals surface area contributed by atoms with Crippen LogP contribution in [0.2, 0.25) is 0 Å². The molecule has 3 rings (SSSR count). The van der Waals surface area contributed by atoms with Crippen molar-refractivity contribution < 1.29 is 4.74 Å². The van der Waals surface area contributed by atoms with Gasteiger partial charge in [0.25, 0.3) is 0 Å². The zero-order chi connectivity index (χ0) is 14.1. The van der Waals surface area contributed by atoms with Gasteiger partial charge in [0, 0.05) is 36.7 Å². The molecular weight excluding hydrogens is 248 g/mol. The predicted octanol–water partition coefficient (Wildman–Crippen LogP) is 2.82. The van der Waals surface area contributed by atoms with E-state index in [1.165, 1.54) is 12.0 Å². The Morgan fingerprint density at radius 3 is 2.95 bits per heavy atom. The van der Waals surface area contributed by atoms with E-state index in [9.17, 15) is 0 Å². The van der Waals surface area contributed by atoms with E-state index < -0.39 is 0 Å². The fourth-order valence-electron chi connectivity index (χ4n) is 3.79. The van der Waals surface area contributed by atoms with Crippen LogP contribution >= 0.6 is 0 Å². The van der Waals surface area contributed by atoms with Crippen molar-refractivity contribution in [1.29, 1.82) is 0 Å². The molecule has 0 bridgehead atoms. The quantitative estimate of drug-likeness (QED) is 0.901. The van der Waals surface area contributed by atoms with Gasteiger partial charge in [0.1, 0.15) is 5.75 Å². The van der Waals surface area contributed by atoms with Crippen molar-refractivity contribution in [3.8, 4) is 5.75 Å². The van der Waals surface area contributed by atoms with Gasteiger partial charge in [0.05, 0.1) is 6.61 Å². The number of para-hydroxylation sites is 1. The van der Waals surface area contributed by atoms with Crippen molar-refractivity contribution >= 4 is 0 Å². The van der Waals surface area contributed by atoms with Crippen LogP contribution < -0.4 is 10.5 Å². The maximum Gasteiger partial charge on any atom is 0.124 e. The van der Waals surface area contributed by atoms with Crippen LogP contribution in [0.1, 0.15) is 38.3 Å². The van der Waals surface area contributed by atoms with E-state index in [0.29, 0.717) is 23.9 Å². The highest BCUT2D eigenvalue weighted by molar-refractivity contribution is 5.38. The minimum Gasteiger partial charge on any atom is -0.493 e. The Labute approximate surface area is 122 Å². The Bertz CT molecular complexity index is 462. The van der Waals surface area contributed by atoms with E-state index in [1.54, 1.807) is 0 Å². The van der Waals surface area contributed by atoms with Gasteiger partial charge >= 0.3 is 0 Å². The van der Waals surface area contributed by atoms with Gasteiger partial charge in [-0.3, -0.25) is 4.90 Å². The average molecular weight is 274 g/mol. The molecule has 20 heavy (non-hydrogen) atoms. The number of piperidine rings is 1. The Balaban J connectivity index is 1.86. The van der Waals surface area contributed by atoms with Crippen LogP contribution in [0, 0.1) is 11.8 Å². The van der Waals surface area contributed by atoms with E-state index in [2.05, 4.69) is 43.0 Å². The van der Waals surface area contributed by atoms with Crippen LogP contribution in [0.15, 0.2) is 24.3 Å². The maximum absolute atomic E-state index is 6.26. The molecule has 2 N–H and O–H groups in total. The third-order valence-corrected chi connectivity index (χ3v) is 5.02. The standard InChI is InChI=1S/C17H26N2O/c1-3-13-10-19(9-8-15(13)18)17-12(2)11-20-16-7-5-4-6-14(16)17/h4-7,12-13,15,17H,3,8-11,18H2,1-2H3. The summed E-state index contributed by atoms with van der Waals surface area (Å²) in [5.41, 5.74) is 7.62. The van der Waals surface area contributed by atoms with Crippen molar-refractivity contribution in [3.05, 3.63) is 29.8 Å². The number of ether oxygens (including phenoxy) is 1. The van der Waals surface area contributed by atoms with Gasteiger partial charge < -0.3 is 10.5 Å². The molecule has 2 heterocycles. The van der Waals surface area contributed by atoms with Crippen molar-refractivity contribution in [2.75, 3.05) is 19.7 Å². The molecule has 0 amide bonds. The molecule has 4 atom stereocenters. The van der Waals surface area contributed by atoms with Crippen LogP contribution in [-0.4, -0.2) is 30.6 Å². The average Bonchev–Trinajstić information content (AvgIpc) is 2.48. The maximum atomic E-state index is 6.26. The lowest BCUT2D eigenvalue weighted by molar-refractivity contribution is 0.0471. The first-order chi connectivity index (χ1) is 9.70. The van der Waals surface area contributed by atoms with Gasteiger partial charge in [-0.05, 0) is 18.4 Å². The second-order valence-corrected chi connectivity index (χ2v) is 6.39. The summed E-state index contributed by atoms with van der Waals surface area (Å²) in [5, 5.41) is 0. The molecule has 1 aromatic carbocycles. The van der Waals surface area contributed by atoms with Crippen molar-refractivity contribution in [2.45, 2.75) is 38.8 Å². The number of fused-ring (bicyclic) bond motifs is 1. The molecule has 2 aliphatic rings. The normalized spacial score (nSPS) is 34.4. The Kier molecular flexibility index (Phi) is 3.99. The number of benzene rings is 1. The van der Waals surface area contributed by atoms with E-state index in [4.69, 9.17) is 10.5 Å². The summed E-state index contributed by atoms with van der Waals surface area (Å²) in [7, 11) is 0. The van der Waals surface area contributed by atoms with E-state index in [0.717, 1.165) is 31.9 Å². The smallest absolute Gasteiger partial charge is 0.124 e. The van der Waals surface area contributed by atoms with Gasteiger partial charge in [-0.15, -0.1) is 0 Å².